The number of hydrogen-bond acceptors (Lipinski definition) is 3. The highest BCUT2D eigenvalue weighted by molar-refractivity contribution is 7.92. The molecule has 0 unspecified atom stereocenters. The minimum absolute atomic E-state index is 0.0511. The maximum Gasteiger partial charge on any atom is 0.264 e. The van der Waals surface area contributed by atoms with E-state index in [1.165, 1.54) is 55.6 Å². The minimum atomic E-state index is -3.93. The van der Waals surface area contributed by atoms with E-state index in [9.17, 15) is 17.6 Å². The van der Waals surface area contributed by atoms with E-state index in [1.54, 1.807) is 25.1 Å². The van der Waals surface area contributed by atoms with E-state index in [0.29, 0.717) is 16.4 Å². The number of sulfonamides is 1. The van der Waals surface area contributed by atoms with Gasteiger partial charge >= 0.3 is 0 Å². The summed E-state index contributed by atoms with van der Waals surface area (Å²) in [4.78, 5) is 12.6. The molecule has 3 rings (SSSR count). The standard InChI is InChI=1S/C21H18ClFN2O3S/c1-14-12-16(22)6-11-20(14)24-21(26)15-4-3-5-19(13-15)29(27,28)25(2)18-9-7-17(23)8-10-18/h3-13H,1-2H3,(H,24,26). The molecule has 0 aliphatic heterocycles. The average molecular weight is 433 g/mol. The molecule has 0 bridgehead atoms. The van der Waals surface area contributed by atoms with Crippen molar-refractivity contribution in [2.45, 2.75) is 11.8 Å². The zero-order chi connectivity index (χ0) is 21.2. The molecule has 3 aromatic rings. The molecule has 3 aromatic carbocycles. The number of carbonyl (C=O) groups is 1. The zero-order valence-electron chi connectivity index (χ0n) is 15.7. The number of benzene rings is 3. The Bertz CT molecular complexity index is 1160. The van der Waals surface area contributed by atoms with Crippen LogP contribution in [0.25, 0.3) is 0 Å². The zero-order valence-corrected chi connectivity index (χ0v) is 17.3. The molecule has 0 spiro atoms. The molecule has 0 aromatic heterocycles. The third-order valence-corrected chi connectivity index (χ3v) is 6.40. The number of halogens is 2. The molecule has 0 fully saturated rings. The normalized spacial score (nSPS) is 11.2. The monoisotopic (exact) mass is 432 g/mol. The van der Waals surface area contributed by atoms with Gasteiger partial charge in [0.1, 0.15) is 5.82 Å². The lowest BCUT2D eigenvalue weighted by atomic mass is 10.1. The molecular weight excluding hydrogens is 415 g/mol. The van der Waals surface area contributed by atoms with Crippen LogP contribution in [-0.4, -0.2) is 21.4 Å². The Hall–Kier alpha value is -2.90. The fourth-order valence-corrected chi connectivity index (χ4v) is 4.18. The van der Waals surface area contributed by atoms with Crippen LogP contribution >= 0.6 is 11.6 Å². The topological polar surface area (TPSA) is 66.5 Å². The third kappa shape index (κ3) is 4.58. The molecule has 150 valence electrons. The number of rotatable bonds is 5. The fourth-order valence-electron chi connectivity index (χ4n) is 2.71. The Morgan fingerprint density at radius 2 is 1.72 bits per heavy atom. The van der Waals surface area contributed by atoms with Crippen LogP contribution in [0.4, 0.5) is 15.8 Å². The molecule has 1 N–H and O–H groups in total. The Morgan fingerprint density at radius 3 is 2.38 bits per heavy atom. The van der Waals surface area contributed by atoms with Crippen LogP contribution in [0.1, 0.15) is 15.9 Å². The SMILES string of the molecule is Cc1cc(Cl)ccc1NC(=O)c1cccc(S(=O)(=O)N(C)c2ccc(F)cc2)c1. The molecule has 0 atom stereocenters. The molecule has 5 nitrogen and oxygen atoms in total. The van der Waals surface area contributed by atoms with Crippen molar-refractivity contribution in [2.75, 3.05) is 16.7 Å². The maximum atomic E-state index is 13.1. The summed E-state index contributed by atoms with van der Waals surface area (Å²) in [5.74, 6) is -0.910. The van der Waals surface area contributed by atoms with E-state index in [2.05, 4.69) is 5.32 Å². The van der Waals surface area contributed by atoms with Gasteiger partial charge in [0, 0.05) is 23.3 Å². The van der Waals surface area contributed by atoms with Gasteiger partial charge in [-0.05, 0) is 73.2 Å². The Labute approximate surface area is 173 Å². The molecule has 29 heavy (non-hydrogen) atoms. The number of nitrogens with one attached hydrogen (secondary N) is 1. The predicted octanol–water partition coefficient (Wildman–Crippen LogP) is 4.86. The van der Waals surface area contributed by atoms with Crippen LogP contribution in [-0.2, 0) is 10.0 Å². The van der Waals surface area contributed by atoms with Crippen molar-refractivity contribution in [2.24, 2.45) is 0 Å². The highest BCUT2D eigenvalue weighted by Crippen LogP contribution is 2.24. The molecule has 0 saturated carbocycles. The summed E-state index contributed by atoms with van der Waals surface area (Å²) in [5, 5.41) is 3.31. The van der Waals surface area contributed by atoms with Crippen LogP contribution in [0.2, 0.25) is 5.02 Å². The van der Waals surface area contributed by atoms with Crippen LogP contribution in [0.3, 0.4) is 0 Å². The summed E-state index contributed by atoms with van der Waals surface area (Å²) in [6.07, 6.45) is 0. The quantitative estimate of drug-likeness (QED) is 0.625. The van der Waals surface area contributed by atoms with Gasteiger partial charge in [0.05, 0.1) is 10.6 Å². The first-order valence-electron chi connectivity index (χ1n) is 8.60. The lowest BCUT2D eigenvalue weighted by Gasteiger charge is -2.20. The van der Waals surface area contributed by atoms with E-state index in [-0.39, 0.29) is 10.5 Å². The van der Waals surface area contributed by atoms with Crippen molar-refractivity contribution >= 4 is 38.9 Å². The Balaban J connectivity index is 1.87. The number of aryl methyl sites for hydroxylation is 1. The van der Waals surface area contributed by atoms with Gasteiger partial charge < -0.3 is 5.32 Å². The summed E-state index contributed by atoms with van der Waals surface area (Å²) in [6, 6.07) is 15.9. The lowest BCUT2D eigenvalue weighted by molar-refractivity contribution is 0.102. The third-order valence-electron chi connectivity index (χ3n) is 4.38. The van der Waals surface area contributed by atoms with Gasteiger partial charge in [-0.1, -0.05) is 17.7 Å². The summed E-state index contributed by atoms with van der Waals surface area (Å²) < 4.78 is 40.0. The summed E-state index contributed by atoms with van der Waals surface area (Å²) >= 11 is 5.93. The molecule has 0 aliphatic rings. The minimum Gasteiger partial charge on any atom is -0.322 e. The molecule has 0 saturated heterocycles. The average Bonchev–Trinajstić information content (AvgIpc) is 2.70. The van der Waals surface area contributed by atoms with Gasteiger partial charge in [0.15, 0.2) is 0 Å². The van der Waals surface area contributed by atoms with E-state index in [0.717, 1.165) is 9.87 Å². The molecule has 8 heteroatoms. The molecule has 1 amide bonds. The number of amides is 1. The van der Waals surface area contributed by atoms with Gasteiger partial charge in [-0.3, -0.25) is 9.10 Å². The Morgan fingerprint density at radius 1 is 1.03 bits per heavy atom. The van der Waals surface area contributed by atoms with E-state index >= 15 is 0 Å². The van der Waals surface area contributed by atoms with Crippen LogP contribution in [0.5, 0.6) is 0 Å². The maximum absolute atomic E-state index is 13.1. The fraction of sp³-hybridized carbons (Fsp3) is 0.0952. The number of hydrogen-bond donors (Lipinski definition) is 1. The second kappa shape index (κ2) is 8.23. The molecular formula is C21H18ClFN2O3S. The first kappa shape index (κ1) is 20.8. The van der Waals surface area contributed by atoms with Gasteiger partial charge in [0.2, 0.25) is 0 Å². The number of anilines is 2. The van der Waals surface area contributed by atoms with E-state index in [4.69, 9.17) is 11.6 Å². The molecule has 0 radical (unpaired) electrons. The number of nitrogens with zero attached hydrogens (tertiary/aromatic N) is 1. The predicted molar refractivity (Wildman–Crippen MR) is 113 cm³/mol. The van der Waals surface area contributed by atoms with Crippen LogP contribution in [0, 0.1) is 12.7 Å². The summed E-state index contributed by atoms with van der Waals surface area (Å²) in [7, 11) is -2.57. The van der Waals surface area contributed by atoms with Crippen molar-refractivity contribution in [1.82, 2.24) is 0 Å². The molecule has 0 aliphatic carbocycles. The summed E-state index contributed by atoms with van der Waals surface area (Å²) in [6.45, 7) is 1.81. The van der Waals surface area contributed by atoms with Gasteiger partial charge in [0.25, 0.3) is 15.9 Å². The van der Waals surface area contributed by atoms with Crippen molar-refractivity contribution in [3.05, 3.63) is 88.7 Å². The first-order chi connectivity index (χ1) is 13.7. The van der Waals surface area contributed by atoms with Gasteiger partial charge in [-0.25, -0.2) is 12.8 Å². The van der Waals surface area contributed by atoms with E-state index in [1.807, 2.05) is 0 Å². The van der Waals surface area contributed by atoms with Gasteiger partial charge in [-0.2, -0.15) is 0 Å². The highest BCUT2D eigenvalue weighted by atomic mass is 35.5. The van der Waals surface area contributed by atoms with Crippen molar-refractivity contribution in [3.63, 3.8) is 0 Å². The molecule has 0 heterocycles. The second-order valence-corrected chi connectivity index (χ2v) is 8.80. The van der Waals surface area contributed by atoms with Crippen molar-refractivity contribution in [1.29, 1.82) is 0 Å². The lowest BCUT2D eigenvalue weighted by Crippen LogP contribution is -2.27. The van der Waals surface area contributed by atoms with Crippen molar-refractivity contribution in [3.8, 4) is 0 Å². The van der Waals surface area contributed by atoms with E-state index < -0.39 is 21.7 Å². The van der Waals surface area contributed by atoms with Crippen LogP contribution in [0.15, 0.2) is 71.6 Å². The largest absolute Gasteiger partial charge is 0.322 e. The van der Waals surface area contributed by atoms with Crippen molar-refractivity contribution < 1.29 is 17.6 Å². The van der Waals surface area contributed by atoms with Gasteiger partial charge in [-0.15, -0.1) is 0 Å². The smallest absolute Gasteiger partial charge is 0.264 e. The number of carbonyl (C=O) groups excluding carboxylic acids is 1. The summed E-state index contributed by atoms with van der Waals surface area (Å²) in [5.41, 5.74) is 1.85. The highest BCUT2D eigenvalue weighted by Gasteiger charge is 2.22. The first-order valence-corrected chi connectivity index (χ1v) is 10.4. The second-order valence-electron chi connectivity index (χ2n) is 6.39. The van der Waals surface area contributed by atoms with Crippen LogP contribution < -0.4 is 9.62 Å². The Kier molecular flexibility index (Phi) is 5.91.